The predicted octanol–water partition coefficient (Wildman–Crippen LogP) is 3.12. The maximum atomic E-state index is 4.49. The van der Waals surface area contributed by atoms with Crippen LogP contribution in [0.25, 0.3) is 10.2 Å². The van der Waals surface area contributed by atoms with Gasteiger partial charge in [0.1, 0.15) is 5.82 Å². The SMILES string of the molecule is Cc1cc2nc(C(C)C)ncc2s1. The fourth-order valence-corrected chi connectivity index (χ4v) is 2.09. The summed E-state index contributed by atoms with van der Waals surface area (Å²) < 4.78 is 1.18. The van der Waals surface area contributed by atoms with Crippen LogP contribution >= 0.6 is 11.3 Å². The predicted molar refractivity (Wildman–Crippen MR) is 56.2 cm³/mol. The van der Waals surface area contributed by atoms with Crippen molar-refractivity contribution in [3.8, 4) is 0 Å². The van der Waals surface area contributed by atoms with Crippen molar-refractivity contribution in [2.24, 2.45) is 0 Å². The van der Waals surface area contributed by atoms with Crippen LogP contribution in [0.2, 0.25) is 0 Å². The smallest absolute Gasteiger partial charge is 0.131 e. The van der Waals surface area contributed by atoms with Crippen LogP contribution in [0.15, 0.2) is 12.3 Å². The van der Waals surface area contributed by atoms with Crippen LogP contribution in [-0.4, -0.2) is 9.97 Å². The summed E-state index contributed by atoms with van der Waals surface area (Å²) in [6.45, 7) is 6.32. The van der Waals surface area contributed by atoms with Gasteiger partial charge in [-0.05, 0) is 13.0 Å². The molecule has 0 N–H and O–H groups in total. The normalized spacial score (nSPS) is 11.4. The molecule has 0 saturated carbocycles. The first-order valence-corrected chi connectivity index (χ1v) is 5.21. The number of hydrogen-bond acceptors (Lipinski definition) is 3. The number of aromatic nitrogens is 2. The lowest BCUT2D eigenvalue weighted by Crippen LogP contribution is -1.95. The van der Waals surface area contributed by atoms with Crippen molar-refractivity contribution in [3.63, 3.8) is 0 Å². The highest BCUT2D eigenvalue weighted by atomic mass is 32.1. The zero-order valence-electron chi connectivity index (χ0n) is 8.03. The van der Waals surface area contributed by atoms with Gasteiger partial charge in [-0.1, -0.05) is 13.8 Å². The van der Waals surface area contributed by atoms with Gasteiger partial charge in [0.2, 0.25) is 0 Å². The summed E-state index contributed by atoms with van der Waals surface area (Å²) in [6, 6.07) is 2.12. The van der Waals surface area contributed by atoms with Gasteiger partial charge >= 0.3 is 0 Å². The van der Waals surface area contributed by atoms with Crippen molar-refractivity contribution in [1.29, 1.82) is 0 Å². The molecule has 0 saturated heterocycles. The molecule has 0 aliphatic heterocycles. The van der Waals surface area contributed by atoms with Crippen molar-refractivity contribution < 1.29 is 0 Å². The van der Waals surface area contributed by atoms with E-state index in [1.165, 1.54) is 9.58 Å². The van der Waals surface area contributed by atoms with E-state index in [0.717, 1.165) is 11.3 Å². The Balaban J connectivity index is 2.61. The Labute approximate surface area is 81.7 Å². The molecule has 0 amide bonds. The number of aryl methyl sites for hydroxylation is 1. The van der Waals surface area contributed by atoms with E-state index in [0.29, 0.717) is 5.92 Å². The van der Waals surface area contributed by atoms with Gasteiger partial charge < -0.3 is 0 Å². The highest BCUT2D eigenvalue weighted by Crippen LogP contribution is 2.23. The fourth-order valence-electron chi connectivity index (χ4n) is 1.25. The van der Waals surface area contributed by atoms with Crippen LogP contribution in [0, 0.1) is 6.92 Å². The Hall–Kier alpha value is -0.960. The summed E-state index contributed by atoms with van der Waals surface area (Å²) in [5.74, 6) is 1.34. The van der Waals surface area contributed by atoms with Gasteiger partial charge in [-0.25, -0.2) is 9.97 Å². The number of hydrogen-bond donors (Lipinski definition) is 0. The Kier molecular flexibility index (Phi) is 2.04. The summed E-state index contributed by atoms with van der Waals surface area (Å²) in [4.78, 5) is 10.1. The molecule has 0 spiro atoms. The van der Waals surface area contributed by atoms with Crippen molar-refractivity contribution in [3.05, 3.63) is 23.0 Å². The van der Waals surface area contributed by atoms with Gasteiger partial charge in [-0.2, -0.15) is 0 Å². The summed E-state index contributed by atoms with van der Waals surface area (Å²) in [7, 11) is 0. The molecular weight excluding hydrogens is 180 g/mol. The first-order chi connectivity index (χ1) is 6.16. The van der Waals surface area contributed by atoms with Gasteiger partial charge in [0.15, 0.2) is 0 Å². The summed E-state index contributed by atoms with van der Waals surface area (Å²) >= 11 is 1.75. The largest absolute Gasteiger partial charge is 0.240 e. The molecule has 0 bridgehead atoms. The molecule has 2 aromatic rings. The lowest BCUT2D eigenvalue weighted by atomic mass is 10.2. The first kappa shape index (κ1) is 8.63. The Bertz CT molecular complexity index is 431. The minimum Gasteiger partial charge on any atom is -0.240 e. The van der Waals surface area contributed by atoms with Crippen LogP contribution < -0.4 is 0 Å². The molecule has 0 atom stereocenters. The Morgan fingerprint density at radius 1 is 1.38 bits per heavy atom. The van der Waals surface area contributed by atoms with Gasteiger partial charge in [0.25, 0.3) is 0 Å². The monoisotopic (exact) mass is 192 g/mol. The summed E-state index contributed by atoms with van der Waals surface area (Å²) in [5, 5.41) is 0. The molecule has 2 nitrogen and oxygen atoms in total. The number of nitrogens with zero attached hydrogens (tertiary/aromatic N) is 2. The van der Waals surface area contributed by atoms with Crippen molar-refractivity contribution in [1.82, 2.24) is 9.97 Å². The average molecular weight is 192 g/mol. The Morgan fingerprint density at radius 3 is 2.85 bits per heavy atom. The molecule has 2 heterocycles. The van der Waals surface area contributed by atoms with Gasteiger partial charge in [-0.15, -0.1) is 11.3 Å². The molecule has 2 rings (SSSR count). The van der Waals surface area contributed by atoms with Crippen molar-refractivity contribution in [2.75, 3.05) is 0 Å². The van der Waals surface area contributed by atoms with E-state index in [-0.39, 0.29) is 0 Å². The van der Waals surface area contributed by atoms with Gasteiger partial charge in [0.05, 0.1) is 10.2 Å². The van der Waals surface area contributed by atoms with E-state index in [9.17, 15) is 0 Å². The van der Waals surface area contributed by atoms with E-state index in [4.69, 9.17) is 0 Å². The van der Waals surface area contributed by atoms with E-state index in [1.807, 2.05) is 6.20 Å². The molecule has 13 heavy (non-hydrogen) atoms. The fraction of sp³-hybridized carbons (Fsp3) is 0.400. The molecule has 68 valence electrons. The summed E-state index contributed by atoms with van der Waals surface area (Å²) in [5.41, 5.74) is 1.08. The average Bonchev–Trinajstić information content (AvgIpc) is 2.42. The highest BCUT2D eigenvalue weighted by Gasteiger charge is 2.05. The van der Waals surface area contributed by atoms with Crippen LogP contribution in [0.1, 0.15) is 30.5 Å². The topological polar surface area (TPSA) is 25.8 Å². The highest BCUT2D eigenvalue weighted by molar-refractivity contribution is 7.18. The molecule has 0 radical (unpaired) electrons. The van der Waals surface area contributed by atoms with Crippen LogP contribution in [-0.2, 0) is 0 Å². The minimum absolute atomic E-state index is 0.407. The second-order valence-electron chi connectivity index (χ2n) is 3.49. The third-order valence-corrected chi connectivity index (χ3v) is 2.90. The molecule has 0 aliphatic carbocycles. The summed E-state index contributed by atoms with van der Waals surface area (Å²) in [6.07, 6.45) is 1.93. The molecule has 0 aliphatic rings. The van der Waals surface area contributed by atoms with Gasteiger partial charge in [0, 0.05) is 17.0 Å². The van der Waals surface area contributed by atoms with E-state index >= 15 is 0 Å². The van der Waals surface area contributed by atoms with Crippen LogP contribution in [0.3, 0.4) is 0 Å². The second-order valence-corrected chi connectivity index (χ2v) is 4.78. The lowest BCUT2D eigenvalue weighted by molar-refractivity contribution is 0.783. The third kappa shape index (κ3) is 1.56. The molecule has 2 aromatic heterocycles. The van der Waals surface area contributed by atoms with E-state index < -0.39 is 0 Å². The van der Waals surface area contributed by atoms with E-state index in [1.54, 1.807) is 11.3 Å². The van der Waals surface area contributed by atoms with Gasteiger partial charge in [-0.3, -0.25) is 0 Å². The zero-order chi connectivity index (χ0) is 9.42. The molecule has 0 unspecified atom stereocenters. The number of fused-ring (bicyclic) bond motifs is 1. The van der Waals surface area contributed by atoms with Crippen LogP contribution in [0.5, 0.6) is 0 Å². The maximum absolute atomic E-state index is 4.49. The second kappa shape index (κ2) is 3.07. The molecule has 0 fully saturated rings. The molecule has 0 aromatic carbocycles. The molecule has 3 heteroatoms. The zero-order valence-corrected chi connectivity index (χ0v) is 8.85. The first-order valence-electron chi connectivity index (χ1n) is 4.40. The van der Waals surface area contributed by atoms with Crippen molar-refractivity contribution in [2.45, 2.75) is 26.7 Å². The Morgan fingerprint density at radius 2 is 2.15 bits per heavy atom. The maximum Gasteiger partial charge on any atom is 0.131 e. The number of rotatable bonds is 1. The van der Waals surface area contributed by atoms with Crippen molar-refractivity contribution >= 4 is 21.6 Å². The lowest BCUT2D eigenvalue weighted by Gasteiger charge is -2.01. The third-order valence-electron chi connectivity index (χ3n) is 1.93. The number of thiophene rings is 1. The quantitative estimate of drug-likeness (QED) is 0.693. The van der Waals surface area contributed by atoms with E-state index in [2.05, 4.69) is 36.8 Å². The minimum atomic E-state index is 0.407. The molecular formula is C10H12N2S. The standard InChI is InChI=1S/C10H12N2S/c1-6(2)10-11-5-9-8(12-10)4-7(3)13-9/h4-6H,1-3H3. The van der Waals surface area contributed by atoms with Crippen LogP contribution in [0.4, 0.5) is 0 Å².